The zero-order valence-electron chi connectivity index (χ0n) is 24.0. The van der Waals surface area contributed by atoms with E-state index in [9.17, 15) is 14.4 Å². The van der Waals surface area contributed by atoms with Crippen LogP contribution in [0.1, 0.15) is 48.5 Å². The molecule has 4 aromatic rings. The quantitative estimate of drug-likeness (QED) is 0.212. The number of hydrogen-bond donors (Lipinski definition) is 1. The number of thiazole rings is 1. The van der Waals surface area contributed by atoms with Crippen molar-refractivity contribution in [1.82, 2.24) is 4.57 Å². The van der Waals surface area contributed by atoms with E-state index >= 15 is 0 Å². The molecule has 1 atom stereocenters. The molecular formula is C32H30N2O8S. The molecule has 11 heteroatoms. The lowest BCUT2D eigenvalue weighted by Crippen LogP contribution is -2.40. The summed E-state index contributed by atoms with van der Waals surface area (Å²) < 4.78 is 24.5. The zero-order valence-corrected chi connectivity index (χ0v) is 24.8. The number of carbonyl (C=O) groups excluding carboxylic acids is 1. The van der Waals surface area contributed by atoms with Gasteiger partial charge in [-0.05, 0) is 51.1 Å². The van der Waals surface area contributed by atoms with Gasteiger partial charge in [-0.25, -0.2) is 14.6 Å². The standard InChI is InChI=1S/C32H30N2O8S/c1-18(2)41-25-8-6-5-7-23(25)28-27(31(38)40-16-15-39-4)19(3)33-32-34(28)29(35)26(43-32)17-22-13-14-24(42-22)20-9-11-21(12-10-20)30(36)37/h5-14,17-18,28H,15-16H2,1-4H3,(H,36,37)/b26-17+/t28-/m1/s1. The third-order valence-corrected chi connectivity index (χ3v) is 7.64. The number of aromatic carboxylic acids is 1. The second kappa shape index (κ2) is 12.6. The third kappa shape index (κ3) is 6.23. The number of rotatable bonds is 10. The molecule has 0 saturated carbocycles. The molecule has 2 aromatic carbocycles. The van der Waals surface area contributed by atoms with Crippen LogP contribution in [0.15, 0.2) is 86.1 Å². The summed E-state index contributed by atoms with van der Waals surface area (Å²) in [7, 11) is 1.52. The highest BCUT2D eigenvalue weighted by Gasteiger charge is 2.35. The fourth-order valence-corrected chi connectivity index (χ4v) is 5.76. The highest BCUT2D eigenvalue weighted by Crippen LogP contribution is 2.36. The van der Waals surface area contributed by atoms with Crippen molar-refractivity contribution in [2.45, 2.75) is 32.9 Å². The van der Waals surface area contributed by atoms with E-state index in [0.29, 0.717) is 43.4 Å². The molecule has 0 unspecified atom stereocenters. The Morgan fingerprint density at radius 2 is 1.84 bits per heavy atom. The van der Waals surface area contributed by atoms with Crippen molar-refractivity contribution < 1.29 is 33.3 Å². The van der Waals surface area contributed by atoms with E-state index in [4.69, 9.17) is 23.7 Å². The van der Waals surface area contributed by atoms with Gasteiger partial charge in [-0.15, -0.1) is 0 Å². The number of allylic oxidation sites excluding steroid dienone is 1. The van der Waals surface area contributed by atoms with Gasteiger partial charge in [0.15, 0.2) is 4.80 Å². The van der Waals surface area contributed by atoms with Crippen molar-refractivity contribution in [1.29, 1.82) is 0 Å². The fraction of sp³-hybridized carbons (Fsp3) is 0.250. The van der Waals surface area contributed by atoms with Crippen LogP contribution in [0.25, 0.3) is 17.4 Å². The summed E-state index contributed by atoms with van der Waals surface area (Å²) in [6.45, 7) is 5.80. The molecule has 0 saturated heterocycles. The van der Waals surface area contributed by atoms with E-state index in [1.54, 1.807) is 37.3 Å². The number of aromatic nitrogens is 1. The largest absolute Gasteiger partial charge is 0.491 e. The van der Waals surface area contributed by atoms with E-state index in [0.717, 1.165) is 0 Å². The predicted octanol–water partition coefficient (Wildman–Crippen LogP) is 4.17. The second-order valence-electron chi connectivity index (χ2n) is 10.00. The SMILES string of the molecule is COCCOC(=O)C1=C(C)N=c2s/c(=C/c3ccc(-c4ccc(C(=O)O)cc4)o3)c(=O)n2[C@@H]1c1ccccc1OC(C)C. The highest BCUT2D eigenvalue weighted by molar-refractivity contribution is 7.07. The number of carboxylic acids is 1. The van der Waals surface area contributed by atoms with Gasteiger partial charge in [-0.2, -0.15) is 0 Å². The topological polar surface area (TPSA) is 130 Å². The number of esters is 1. The molecule has 43 heavy (non-hydrogen) atoms. The van der Waals surface area contributed by atoms with Gasteiger partial charge in [0.1, 0.15) is 29.9 Å². The van der Waals surface area contributed by atoms with Gasteiger partial charge >= 0.3 is 11.9 Å². The van der Waals surface area contributed by atoms with Crippen molar-refractivity contribution in [3.8, 4) is 17.1 Å². The molecule has 0 aliphatic carbocycles. The first-order valence-electron chi connectivity index (χ1n) is 13.6. The van der Waals surface area contributed by atoms with Crippen molar-refractivity contribution in [3.63, 3.8) is 0 Å². The summed E-state index contributed by atoms with van der Waals surface area (Å²) >= 11 is 1.18. The summed E-state index contributed by atoms with van der Waals surface area (Å²) in [6, 6.07) is 16.2. The lowest BCUT2D eigenvalue weighted by atomic mass is 9.95. The molecule has 0 spiro atoms. The minimum absolute atomic E-state index is 0.0489. The second-order valence-corrected chi connectivity index (χ2v) is 11.0. The summed E-state index contributed by atoms with van der Waals surface area (Å²) in [5, 5.41) is 9.16. The first kappa shape index (κ1) is 29.7. The van der Waals surface area contributed by atoms with Crippen molar-refractivity contribution >= 4 is 29.4 Å². The molecule has 222 valence electrons. The Labute approximate surface area is 250 Å². The van der Waals surface area contributed by atoms with E-state index in [2.05, 4.69) is 4.99 Å². The van der Waals surface area contributed by atoms with E-state index in [1.165, 1.54) is 35.1 Å². The van der Waals surface area contributed by atoms with Crippen LogP contribution < -0.4 is 19.6 Å². The van der Waals surface area contributed by atoms with E-state index in [1.807, 2.05) is 38.1 Å². The van der Waals surface area contributed by atoms with Crippen molar-refractivity contribution in [2.24, 2.45) is 4.99 Å². The molecule has 1 N–H and O–H groups in total. The molecule has 5 rings (SSSR count). The van der Waals surface area contributed by atoms with Gasteiger partial charge in [-0.1, -0.05) is 41.7 Å². The first-order valence-corrected chi connectivity index (χ1v) is 14.4. The molecule has 0 fully saturated rings. The monoisotopic (exact) mass is 602 g/mol. The number of para-hydroxylation sites is 1. The Balaban J connectivity index is 1.60. The Morgan fingerprint density at radius 3 is 2.53 bits per heavy atom. The lowest BCUT2D eigenvalue weighted by Gasteiger charge is -2.27. The van der Waals surface area contributed by atoms with Crippen LogP contribution in [0.4, 0.5) is 0 Å². The maximum Gasteiger partial charge on any atom is 0.338 e. The Kier molecular flexibility index (Phi) is 8.74. The number of methoxy groups -OCH3 is 1. The number of hydrogen-bond acceptors (Lipinski definition) is 9. The Morgan fingerprint density at radius 1 is 1.09 bits per heavy atom. The Hall–Kier alpha value is -4.74. The van der Waals surface area contributed by atoms with Gasteiger partial charge in [0, 0.05) is 24.3 Å². The van der Waals surface area contributed by atoms with Crippen molar-refractivity contribution in [3.05, 3.63) is 109 Å². The van der Waals surface area contributed by atoms with Crippen LogP contribution in [0.2, 0.25) is 0 Å². The van der Waals surface area contributed by atoms with Gasteiger partial charge < -0.3 is 23.7 Å². The predicted molar refractivity (Wildman–Crippen MR) is 160 cm³/mol. The van der Waals surface area contributed by atoms with Crippen LogP contribution in [0.3, 0.4) is 0 Å². The lowest BCUT2D eigenvalue weighted by molar-refractivity contribution is -0.140. The molecule has 3 heterocycles. The van der Waals surface area contributed by atoms with Crippen LogP contribution in [-0.4, -0.2) is 48.0 Å². The van der Waals surface area contributed by atoms with Crippen LogP contribution in [0, 0.1) is 0 Å². The van der Waals surface area contributed by atoms with E-state index < -0.39 is 18.0 Å². The maximum atomic E-state index is 14.0. The molecule has 0 radical (unpaired) electrons. The summed E-state index contributed by atoms with van der Waals surface area (Å²) in [4.78, 5) is 43.6. The number of benzene rings is 2. The van der Waals surface area contributed by atoms with Crippen molar-refractivity contribution in [2.75, 3.05) is 20.3 Å². The number of carbonyl (C=O) groups is 2. The smallest absolute Gasteiger partial charge is 0.338 e. The maximum absolute atomic E-state index is 14.0. The normalized spacial score (nSPS) is 14.9. The summed E-state index contributed by atoms with van der Waals surface area (Å²) in [5.41, 5.74) is 1.81. The van der Waals surface area contributed by atoms with Crippen LogP contribution in [-0.2, 0) is 14.3 Å². The molecular weight excluding hydrogens is 572 g/mol. The zero-order chi connectivity index (χ0) is 30.7. The number of ether oxygens (including phenoxy) is 3. The average molecular weight is 603 g/mol. The Bertz CT molecular complexity index is 1880. The number of furan rings is 1. The minimum atomic E-state index is -1.01. The van der Waals surface area contributed by atoms with Gasteiger partial charge in [0.2, 0.25) is 0 Å². The number of fused-ring (bicyclic) bond motifs is 1. The minimum Gasteiger partial charge on any atom is -0.491 e. The highest BCUT2D eigenvalue weighted by atomic mass is 32.1. The average Bonchev–Trinajstić information content (AvgIpc) is 3.56. The van der Waals surface area contributed by atoms with Gasteiger partial charge in [-0.3, -0.25) is 9.36 Å². The summed E-state index contributed by atoms with van der Waals surface area (Å²) in [6.07, 6.45) is 1.48. The fourth-order valence-electron chi connectivity index (χ4n) is 4.73. The molecule has 1 aliphatic rings. The first-order chi connectivity index (χ1) is 20.7. The molecule has 1 aliphatic heterocycles. The number of carboxylic acid groups (broad SMARTS) is 1. The van der Waals surface area contributed by atoms with E-state index in [-0.39, 0.29) is 36.0 Å². The third-order valence-electron chi connectivity index (χ3n) is 6.65. The molecule has 0 amide bonds. The molecule has 10 nitrogen and oxygen atoms in total. The van der Waals surface area contributed by atoms with Gasteiger partial charge in [0.05, 0.1) is 34.1 Å². The molecule has 0 bridgehead atoms. The molecule has 2 aromatic heterocycles. The summed E-state index contributed by atoms with van der Waals surface area (Å²) in [5.74, 6) is -0.122. The number of nitrogens with zero attached hydrogens (tertiary/aromatic N) is 2. The van der Waals surface area contributed by atoms with Crippen LogP contribution >= 0.6 is 11.3 Å². The van der Waals surface area contributed by atoms with Crippen LogP contribution in [0.5, 0.6) is 5.75 Å². The van der Waals surface area contributed by atoms with Gasteiger partial charge in [0.25, 0.3) is 5.56 Å².